The topological polar surface area (TPSA) is 44.7 Å². The molecule has 0 aromatic carbocycles. The van der Waals surface area contributed by atoms with Crippen molar-refractivity contribution in [3.63, 3.8) is 0 Å². The SMILES string of the molecule is CC.CCC.CN1C(=O)CN=C1NC1CCCCC1. The zero-order valence-electron chi connectivity index (χ0n) is 13.3. The second-order valence-corrected chi connectivity index (χ2v) is 4.78. The van der Waals surface area contributed by atoms with Gasteiger partial charge in [0.05, 0.1) is 0 Å². The molecule has 1 saturated carbocycles. The van der Waals surface area contributed by atoms with Crippen LogP contribution in [-0.4, -0.2) is 36.4 Å². The van der Waals surface area contributed by atoms with E-state index in [1.165, 1.54) is 38.5 Å². The number of guanidine groups is 1. The first-order chi connectivity index (χ1) is 9.19. The molecule has 0 radical (unpaired) electrons. The molecule has 1 aliphatic heterocycles. The Morgan fingerprint density at radius 3 is 2.16 bits per heavy atom. The number of carbonyl (C=O) groups is 1. The third-order valence-corrected chi connectivity index (χ3v) is 2.99. The van der Waals surface area contributed by atoms with Gasteiger partial charge in [-0.2, -0.15) is 0 Å². The Kier molecular flexibility index (Phi) is 10.2. The molecule has 1 amide bonds. The highest BCUT2D eigenvalue weighted by molar-refractivity contribution is 6.02. The van der Waals surface area contributed by atoms with Gasteiger partial charge < -0.3 is 5.32 Å². The number of aliphatic imine (C=N–C) groups is 1. The van der Waals surface area contributed by atoms with Gasteiger partial charge in [0.25, 0.3) is 5.91 Å². The Bertz CT molecular complexity index is 271. The lowest BCUT2D eigenvalue weighted by Gasteiger charge is -2.25. The fourth-order valence-corrected chi connectivity index (χ4v) is 2.04. The largest absolute Gasteiger partial charge is 0.353 e. The van der Waals surface area contributed by atoms with Crippen LogP contribution in [0.3, 0.4) is 0 Å². The van der Waals surface area contributed by atoms with E-state index in [4.69, 9.17) is 0 Å². The van der Waals surface area contributed by atoms with Gasteiger partial charge in [-0.25, -0.2) is 4.99 Å². The van der Waals surface area contributed by atoms with E-state index in [-0.39, 0.29) is 5.91 Å². The molecule has 112 valence electrons. The van der Waals surface area contributed by atoms with Gasteiger partial charge in [0.15, 0.2) is 0 Å². The highest BCUT2D eigenvalue weighted by Crippen LogP contribution is 2.17. The average molecular weight is 269 g/mol. The summed E-state index contributed by atoms with van der Waals surface area (Å²) in [5, 5.41) is 3.35. The minimum Gasteiger partial charge on any atom is -0.353 e. The summed E-state index contributed by atoms with van der Waals surface area (Å²) in [6.07, 6.45) is 7.60. The summed E-state index contributed by atoms with van der Waals surface area (Å²) >= 11 is 0. The lowest BCUT2D eigenvalue weighted by atomic mass is 9.96. The highest BCUT2D eigenvalue weighted by Gasteiger charge is 2.24. The van der Waals surface area contributed by atoms with Gasteiger partial charge in [-0.15, -0.1) is 0 Å². The van der Waals surface area contributed by atoms with Gasteiger partial charge >= 0.3 is 0 Å². The summed E-state index contributed by atoms with van der Waals surface area (Å²) < 4.78 is 0. The van der Waals surface area contributed by atoms with E-state index in [0.29, 0.717) is 12.6 Å². The second-order valence-electron chi connectivity index (χ2n) is 4.78. The minimum absolute atomic E-state index is 0.0864. The molecule has 4 nitrogen and oxygen atoms in total. The molecule has 0 saturated heterocycles. The zero-order chi connectivity index (χ0) is 14.7. The number of nitrogens with zero attached hydrogens (tertiary/aromatic N) is 2. The number of amides is 1. The van der Waals surface area contributed by atoms with Gasteiger partial charge in [0.1, 0.15) is 6.54 Å². The van der Waals surface area contributed by atoms with Gasteiger partial charge in [-0.1, -0.05) is 53.4 Å². The number of hydrogen-bond acceptors (Lipinski definition) is 3. The molecule has 1 N–H and O–H groups in total. The molecule has 0 aromatic rings. The molecule has 0 spiro atoms. The highest BCUT2D eigenvalue weighted by atomic mass is 16.2. The van der Waals surface area contributed by atoms with E-state index < -0.39 is 0 Å². The standard InChI is InChI=1S/C10H17N3O.C3H8.C2H6/c1-13-9(14)7-11-10(13)12-8-5-3-2-4-6-8;1-3-2;1-2/h8H,2-7H2,1H3,(H,11,12);3H2,1-2H3;1-2H3. The van der Waals surface area contributed by atoms with Crippen LogP contribution in [0.4, 0.5) is 0 Å². The smallest absolute Gasteiger partial charge is 0.250 e. The second kappa shape index (κ2) is 10.8. The van der Waals surface area contributed by atoms with E-state index in [1.54, 1.807) is 11.9 Å². The van der Waals surface area contributed by atoms with Crippen molar-refractivity contribution in [3.8, 4) is 0 Å². The summed E-state index contributed by atoms with van der Waals surface area (Å²) in [7, 11) is 1.78. The fourth-order valence-electron chi connectivity index (χ4n) is 2.04. The Hall–Kier alpha value is -1.06. The number of hydrogen-bond donors (Lipinski definition) is 1. The molecular weight excluding hydrogens is 238 g/mol. The van der Waals surface area contributed by atoms with Crippen molar-refractivity contribution in [2.45, 2.75) is 72.3 Å². The number of likely N-dealkylation sites (N-methyl/N-ethyl adjacent to an activating group) is 1. The van der Waals surface area contributed by atoms with Crippen molar-refractivity contribution < 1.29 is 4.79 Å². The Morgan fingerprint density at radius 2 is 1.74 bits per heavy atom. The van der Waals surface area contributed by atoms with E-state index >= 15 is 0 Å². The Balaban J connectivity index is 0.000000573. The van der Waals surface area contributed by atoms with Crippen LogP contribution in [0.15, 0.2) is 4.99 Å². The van der Waals surface area contributed by atoms with E-state index in [1.807, 2.05) is 13.8 Å². The summed E-state index contributed by atoms with van der Waals surface area (Å²) in [4.78, 5) is 17.0. The normalized spacial score (nSPS) is 18.9. The summed E-state index contributed by atoms with van der Waals surface area (Å²) in [6.45, 7) is 8.56. The maximum absolute atomic E-state index is 11.2. The first kappa shape index (κ1) is 17.9. The van der Waals surface area contributed by atoms with Crippen LogP contribution in [0.1, 0.15) is 66.2 Å². The van der Waals surface area contributed by atoms with Crippen LogP contribution in [0.25, 0.3) is 0 Å². The molecule has 0 unspecified atom stereocenters. The summed E-state index contributed by atoms with van der Waals surface area (Å²) in [5.74, 6) is 0.852. The number of rotatable bonds is 1. The first-order valence-corrected chi connectivity index (χ1v) is 7.76. The first-order valence-electron chi connectivity index (χ1n) is 7.76. The zero-order valence-corrected chi connectivity index (χ0v) is 13.3. The minimum atomic E-state index is 0.0864. The van der Waals surface area contributed by atoms with E-state index in [2.05, 4.69) is 24.2 Å². The van der Waals surface area contributed by atoms with Crippen molar-refractivity contribution in [3.05, 3.63) is 0 Å². The van der Waals surface area contributed by atoms with Crippen molar-refractivity contribution in [1.29, 1.82) is 0 Å². The molecule has 4 heteroatoms. The molecule has 1 heterocycles. The predicted octanol–water partition coefficient (Wildman–Crippen LogP) is 3.18. The summed E-state index contributed by atoms with van der Waals surface area (Å²) in [5.41, 5.74) is 0. The third kappa shape index (κ3) is 6.60. The van der Waals surface area contributed by atoms with Crippen molar-refractivity contribution in [1.82, 2.24) is 10.2 Å². The summed E-state index contributed by atoms with van der Waals surface area (Å²) in [6, 6.07) is 0.524. The van der Waals surface area contributed by atoms with Gasteiger partial charge in [0.2, 0.25) is 5.96 Å². The van der Waals surface area contributed by atoms with Crippen LogP contribution in [-0.2, 0) is 4.79 Å². The molecule has 0 aromatic heterocycles. The maximum Gasteiger partial charge on any atom is 0.250 e. The Morgan fingerprint density at radius 1 is 1.21 bits per heavy atom. The van der Waals surface area contributed by atoms with Gasteiger partial charge in [0, 0.05) is 13.1 Å². The molecule has 2 aliphatic rings. The lowest BCUT2D eigenvalue weighted by molar-refractivity contribution is -0.124. The molecule has 1 fully saturated rings. The van der Waals surface area contributed by atoms with Crippen molar-refractivity contribution in [2.75, 3.05) is 13.6 Å². The van der Waals surface area contributed by atoms with Crippen LogP contribution in [0.5, 0.6) is 0 Å². The fraction of sp³-hybridized carbons (Fsp3) is 0.867. The van der Waals surface area contributed by atoms with Crippen LogP contribution in [0, 0.1) is 0 Å². The van der Waals surface area contributed by atoms with Gasteiger partial charge in [-0.05, 0) is 12.8 Å². The van der Waals surface area contributed by atoms with Crippen LogP contribution in [0.2, 0.25) is 0 Å². The van der Waals surface area contributed by atoms with Gasteiger partial charge in [-0.3, -0.25) is 9.69 Å². The van der Waals surface area contributed by atoms with Crippen LogP contribution < -0.4 is 5.32 Å². The predicted molar refractivity (Wildman–Crippen MR) is 82.4 cm³/mol. The number of nitrogens with one attached hydrogen (secondary N) is 1. The van der Waals surface area contributed by atoms with Crippen LogP contribution >= 0.6 is 0 Å². The van der Waals surface area contributed by atoms with E-state index in [0.717, 1.165) is 5.96 Å². The molecule has 1 aliphatic carbocycles. The molecular formula is C15H31N3O. The third-order valence-electron chi connectivity index (χ3n) is 2.99. The lowest BCUT2D eigenvalue weighted by Crippen LogP contribution is -2.44. The monoisotopic (exact) mass is 269 g/mol. The quantitative estimate of drug-likeness (QED) is 0.794. The molecule has 0 bridgehead atoms. The molecule has 2 rings (SSSR count). The molecule has 19 heavy (non-hydrogen) atoms. The van der Waals surface area contributed by atoms with Crippen molar-refractivity contribution >= 4 is 11.9 Å². The number of carbonyl (C=O) groups excluding carboxylic acids is 1. The maximum atomic E-state index is 11.2. The Labute approximate surface area is 118 Å². The average Bonchev–Trinajstić information content (AvgIpc) is 2.75. The molecule has 0 atom stereocenters. The van der Waals surface area contributed by atoms with E-state index in [9.17, 15) is 4.79 Å². The van der Waals surface area contributed by atoms with Crippen molar-refractivity contribution in [2.24, 2.45) is 4.99 Å².